The van der Waals surface area contributed by atoms with Crippen LogP contribution in [0, 0.1) is 11.5 Å². The molecule has 30 heavy (non-hydrogen) atoms. The number of aliphatic imine (C=N–C) groups is 1. The van der Waals surface area contributed by atoms with Crippen molar-refractivity contribution in [1.29, 1.82) is 5.26 Å². The van der Waals surface area contributed by atoms with Crippen molar-refractivity contribution in [2.45, 2.75) is 51.1 Å². The smallest absolute Gasteiger partial charge is 0.387 e. The Labute approximate surface area is 175 Å². The van der Waals surface area contributed by atoms with Crippen molar-refractivity contribution in [3.8, 4) is 17.7 Å². The molecule has 10 heteroatoms. The van der Waals surface area contributed by atoms with E-state index >= 15 is 0 Å². The van der Waals surface area contributed by atoms with Gasteiger partial charge in [-0.25, -0.2) is 0 Å². The second-order valence-corrected chi connectivity index (χ2v) is 6.85. The van der Waals surface area contributed by atoms with Crippen molar-refractivity contribution in [3.63, 3.8) is 0 Å². The van der Waals surface area contributed by atoms with E-state index in [1.807, 2.05) is 0 Å². The van der Waals surface area contributed by atoms with Crippen LogP contribution in [0.15, 0.2) is 23.2 Å². The van der Waals surface area contributed by atoms with Gasteiger partial charge >= 0.3 is 6.61 Å². The number of benzene rings is 1. The van der Waals surface area contributed by atoms with Crippen LogP contribution < -0.4 is 15.2 Å². The molecular formula is C20H28F2N4O4. The highest BCUT2D eigenvalue weighted by atomic mass is 19.3. The highest BCUT2D eigenvalue weighted by molar-refractivity contribution is 5.79. The SMILES string of the molecule is COC(CN(CCc1ccc(OC(F)F)c(OC2CCCC2)c1)/C(N)=N\C#N)OC. The normalized spacial score (nSPS) is 14.9. The first kappa shape index (κ1) is 23.6. The van der Waals surface area contributed by atoms with Crippen molar-refractivity contribution < 1.29 is 27.7 Å². The summed E-state index contributed by atoms with van der Waals surface area (Å²) in [5.41, 5.74) is 6.72. The highest BCUT2D eigenvalue weighted by Gasteiger charge is 2.21. The number of ether oxygens (including phenoxy) is 4. The first-order chi connectivity index (χ1) is 14.5. The number of methoxy groups -OCH3 is 2. The van der Waals surface area contributed by atoms with E-state index in [9.17, 15) is 8.78 Å². The minimum atomic E-state index is -2.93. The number of hydrogen-bond acceptors (Lipinski definition) is 6. The summed E-state index contributed by atoms with van der Waals surface area (Å²) in [6.07, 6.45) is 5.50. The van der Waals surface area contributed by atoms with Gasteiger partial charge in [-0.2, -0.15) is 14.0 Å². The molecule has 0 saturated heterocycles. The summed E-state index contributed by atoms with van der Waals surface area (Å²) < 4.78 is 46.4. The average Bonchev–Trinajstić information content (AvgIpc) is 3.23. The third-order valence-corrected chi connectivity index (χ3v) is 4.87. The van der Waals surface area contributed by atoms with E-state index in [0.717, 1.165) is 31.2 Å². The van der Waals surface area contributed by atoms with E-state index in [1.165, 1.54) is 20.3 Å². The predicted molar refractivity (Wildman–Crippen MR) is 106 cm³/mol. The van der Waals surface area contributed by atoms with Gasteiger partial charge in [-0.1, -0.05) is 6.07 Å². The van der Waals surface area contributed by atoms with Crippen LogP contribution in [0.25, 0.3) is 0 Å². The van der Waals surface area contributed by atoms with Crippen LogP contribution in [0.3, 0.4) is 0 Å². The number of hydrogen-bond donors (Lipinski definition) is 1. The lowest BCUT2D eigenvalue weighted by Crippen LogP contribution is -2.44. The van der Waals surface area contributed by atoms with E-state index in [-0.39, 0.29) is 24.4 Å². The standard InChI is InChI=1S/C20H28F2N4O4/c1-27-18(28-2)12-26(20(24)25-13-23)10-9-14-7-8-16(30-19(21)22)17(11-14)29-15-5-3-4-6-15/h7-8,11,15,18-19H,3-6,9-10,12H2,1-2H3,(H2,24,25). The molecule has 166 valence electrons. The minimum absolute atomic E-state index is 0.000610. The first-order valence-electron chi connectivity index (χ1n) is 9.74. The van der Waals surface area contributed by atoms with E-state index in [2.05, 4.69) is 9.73 Å². The number of halogens is 2. The van der Waals surface area contributed by atoms with E-state index in [1.54, 1.807) is 23.2 Å². The molecule has 0 aromatic heterocycles. The van der Waals surface area contributed by atoms with Gasteiger partial charge < -0.3 is 29.6 Å². The van der Waals surface area contributed by atoms with Crippen LogP contribution in [-0.4, -0.2) is 57.2 Å². The Balaban J connectivity index is 2.14. The van der Waals surface area contributed by atoms with Crippen LogP contribution in [0.4, 0.5) is 8.78 Å². The third-order valence-electron chi connectivity index (χ3n) is 4.87. The van der Waals surface area contributed by atoms with Gasteiger partial charge in [0.15, 0.2) is 17.8 Å². The van der Waals surface area contributed by atoms with Gasteiger partial charge in [0.25, 0.3) is 0 Å². The molecule has 1 saturated carbocycles. The Bertz CT molecular complexity index is 732. The molecule has 0 spiro atoms. The summed E-state index contributed by atoms with van der Waals surface area (Å²) in [7, 11) is 3.00. The fraction of sp³-hybridized carbons (Fsp3) is 0.600. The van der Waals surface area contributed by atoms with Crippen molar-refractivity contribution >= 4 is 5.96 Å². The van der Waals surface area contributed by atoms with E-state index in [4.69, 9.17) is 25.2 Å². The van der Waals surface area contributed by atoms with E-state index < -0.39 is 12.9 Å². The number of guanidine groups is 1. The van der Waals surface area contributed by atoms with Crippen molar-refractivity contribution in [3.05, 3.63) is 23.8 Å². The molecule has 0 aliphatic heterocycles. The largest absolute Gasteiger partial charge is 0.487 e. The van der Waals surface area contributed by atoms with Gasteiger partial charge in [-0.15, -0.1) is 4.99 Å². The summed E-state index contributed by atoms with van der Waals surface area (Å²) in [5.74, 6) is 0.357. The molecule has 1 aliphatic rings. The Hall–Kier alpha value is -2.64. The summed E-state index contributed by atoms with van der Waals surface area (Å²) in [5, 5.41) is 8.80. The number of alkyl halides is 2. The fourth-order valence-electron chi connectivity index (χ4n) is 3.29. The van der Waals surface area contributed by atoms with E-state index in [0.29, 0.717) is 18.7 Å². The maximum atomic E-state index is 12.8. The van der Waals surface area contributed by atoms with Crippen molar-refractivity contribution in [2.24, 2.45) is 10.7 Å². The molecular weight excluding hydrogens is 398 g/mol. The summed E-state index contributed by atoms with van der Waals surface area (Å²) in [6.45, 7) is -2.26. The van der Waals surface area contributed by atoms with Crippen molar-refractivity contribution in [2.75, 3.05) is 27.3 Å². The monoisotopic (exact) mass is 426 g/mol. The lowest BCUT2D eigenvalue weighted by Gasteiger charge is -2.26. The quantitative estimate of drug-likeness (QED) is 0.251. The Kier molecular flexibility index (Phi) is 9.57. The minimum Gasteiger partial charge on any atom is -0.487 e. The molecule has 8 nitrogen and oxygen atoms in total. The molecule has 0 unspecified atom stereocenters. The lowest BCUT2D eigenvalue weighted by molar-refractivity contribution is -0.109. The summed E-state index contributed by atoms with van der Waals surface area (Å²) in [6, 6.07) is 4.88. The van der Waals surface area contributed by atoms with Crippen LogP contribution >= 0.6 is 0 Å². The zero-order chi connectivity index (χ0) is 21.9. The fourth-order valence-corrected chi connectivity index (χ4v) is 3.29. The maximum absolute atomic E-state index is 12.8. The van der Waals surface area contributed by atoms with Gasteiger partial charge in [-0.3, -0.25) is 0 Å². The lowest BCUT2D eigenvalue weighted by atomic mass is 10.1. The number of nitriles is 1. The first-order valence-corrected chi connectivity index (χ1v) is 9.74. The third kappa shape index (κ3) is 7.31. The highest BCUT2D eigenvalue weighted by Crippen LogP contribution is 2.33. The zero-order valence-corrected chi connectivity index (χ0v) is 17.2. The molecule has 0 amide bonds. The molecule has 2 N–H and O–H groups in total. The summed E-state index contributed by atoms with van der Waals surface area (Å²) >= 11 is 0. The molecule has 1 aromatic rings. The molecule has 0 heterocycles. The number of nitrogens with zero attached hydrogens (tertiary/aromatic N) is 3. The Morgan fingerprint density at radius 2 is 1.97 bits per heavy atom. The van der Waals surface area contributed by atoms with Gasteiger partial charge in [0, 0.05) is 20.8 Å². The van der Waals surface area contributed by atoms with Crippen LogP contribution in [0.2, 0.25) is 0 Å². The summed E-state index contributed by atoms with van der Waals surface area (Å²) in [4.78, 5) is 5.23. The van der Waals surface area contributed by atoms with Crippen LogP contribution in [0.5, 0.6) is 11.5 Å². The molecule has 1 fully saturated rings. The second kappa shape index (κ2) is 12.1. The van der Waals surface area contributed by atoms with Gasteiger partial charge in [0.05, 0.1) is 12.6 Å². The Morgan fingerprint density at radius 1 is 1.27 bits per heavy atom. The average molecular weight is 426 g/mol. The molecule has 1 aromatic carbocycles. The number of nitrogens with two attached hydrogens (primary N) is 1. The maximum Gasteiger partial charge on any atom is 0.387 e. The molecule has 2 rings (SSSR count). The molecule has 0 atom stereocenters. The van der Waals surface area contributed by atoms with Gasteiger partial charge in [-0.05, 0) is 49.8 Å². The Morgan fingerprint density at radius 3 is 2.57 bits per heavy atom. The molecule has 0 bridgehead atoms. The molecule has 1 aliphatic carbocycles. The van der Waals surface area contributed by atoms with Crippen LogP contribution in [-0.2, 0) is 15.9 Å². The predicted octanol–water partition coefficient (Wildman–Crippen LogP) is 2.87. The number of rotatable bonds is 11. The topological polar surface area (TPSA) is 102 Å². The van der Waals surface area contributed by atoms with Gasteiger partial charge in [0.1, 0.15) is 0 Å². The van der Waals surface area contributed by atoms with Crippen LogP contribution in [0.1, 0.15) is 31.2 Å². The second-order valence-electron chi connectivity index (χ2n) is 6.85. The van der Waals surface area contributed by atoms with Crippen molar-refractivity contribution in [1.82, 2.24) is 4.90 Å². The zero-order valence-electron chi connectivity index (χ0n) is 17.2. The van der Waals surface area contributed by atoms with Gasteiger partial charge in [0.2, 0.25) is 12.2 Å². The molecule has 0 radical (unpaired) electrons.